The number of carboxylic acids is 1. The SMILES string of the molecule is CCc1c(C)sc(NC(=O)[C@H]2CC(C)=C(C)C[C@@H]2C(=O)O)c1C(=O)NC1CC1. The summed E-state index contributed by atoms with van der Waals surface area (Å²) in [6.45, 7) is 7.82. The molecule has 1 aromatic rings. The summed E-state index contributed by atoms with van der Waals surface area (Å²) in [4.78, 5) is 38.5. The van der Waals surface area contributed by atoms with Crippen LogP contribution in [-0.4, -0.2) is 28.9 Å². The fourth-order valence-electron chi connectivity index (χ4n) is 3.85. The molecule has 28 heavy (non-hydrogen) atoms. The van der Waals surface area contributed by atoms with Crippen molar-refractivity contribution in [2.24, 2.45) is 11.8 Å². The van der Waals surface area contributed by atoms with Crippen molar-refractivity contribution in [3.8, 4) is 0 Å². The summed E-state index contributed by atoms with van der Waals surface area (Å²) in [6.07, 6.45) is 3.51. The molecule has 0 aliphatic heterocycles. The van der Waals surface area contributed by atoms with Crippen LogP contribution < -0.4 is 10.6 Å². The fourth-order valence-corrected chi connectivity index (χ4v) is 5.00. The van der Waals surface area contributed by atoms with E-state index in [1.54, 1.807) is 0 Å². The summed E-state index contributed by atoms with van der Waals surface area (Å²) in [5.74, 6) is -2.78. The molecule has 1 aromatic heterocycles. The zero-order chi connectivity index (χ0) is 20.6. The second-order valence-electron chi connectivity index (χ2n) is 7.95. The van der Waals surface area contributed by atoms with Crippen molar-refractivity contribution >= 4 is 34.1 Å². The van der Waals surface area contributed by atoms with Crippen molar-refractivity contribution in [2.45, 2.75) is 65.8 Å². The standard InChI is InChI=1S/C21H28N2O4S/c1-5-14-12(4)28-20(17(14)19(25)22-13-6-7-13)23-18(24)15-8-10(2)11(3)9-16(15)21(26)27/h13,15-16H,5-9H2,1-4H3,(H,22,25)(H,23,24)(H,26,27)/t15-,16-/m0/s1. The first-order valence-electron chi connectivity index (χ1n) is 9.84. The number of hydrogen-bond acceptors (Lipinski definition) is 4. The number of hydrogen-bond donors (Lipinski definition) is 3. The van der Waals surface area contributed by atoms with E-state index in [4.69, 9.17) is 0 Å². The van der Waals surface area contributed by atoms with Crippen molar-refractivity contribution in [2.75, 3.05) is 5.32 Å². The molecule has 0 saturated heterocycles. The average molecular weight is 405 g/mol. The Bertz CT molecular complexity index is 851. The maximum atomic E-state index is 13.0. The topological polar surface area (TPSA) is 95.5 Å². The van der Waals surface area contributed by atoms with Gasteiger partial charge in [0.25, 0.3) is 5.91 Å². The van der Waals surface area contributed by atoms with E-state index in [9.17, 15) is 19.5 Å². The number of amides is 2. The van der Waals surface area contributed by atoms with E-state index in [1.165, 1.54) is 11.3 Å². The van der Waals surface area contributed by atoms with Crippen molar-refractivity contribution < 1.29 is 19.5 Å². The Labute approximate surface area is 169 Å². The van der Waals surface area contributed by atoms with Gasteiger partial charge < -0.3 is 15.7 Å². The number of allylic oxidation sites excluding steroid dienone is 2. The summed E-state index contributed by atoms with van der Waals surface area (Å²) >= 11 is 1.39. The molecule has 2 aliphatic carbocycles. The summed E-state index contributed by atoms with van der Waals surface area (Å²) < 4.78 is 0. The van der Waals surface area contributed by atoms with Crippen LogP contribution in [0.1, 0.15) is 67.3 Å². The van der Waals surface area contributed by atoms with Crippen LogP contribution in [0.25, 0.3) is 0 Å². The van der Waals surface area contributed by atoms with Crippen molar-refractivity contribution in [1.82, 2.24) is 5.32 Å². The highest BCUT2D eigenvalue weighted by atomic mass is 32.1. The molecule has 3 rings (SSSR count). The summed E-state index contributed by atoms with van der Waals surface area (Å²) in [7, 11) is 0. The molecular weight excluding hydrogens is 376 g/mol. The Kier molecular flexibility index (Phi) is 5.93. The molecule has 0 unspecified atom stereocenters. The summed E-state index contributed by atoms with van der Waals surface area (Å²) in [5, 5.41) is 16.0. The van der Waals surface area contributed by atoms with Gasteiger partial charge in [-0.3, -0.25) is 14.4 Å². The monoisotopic (exact) mass is 404 g/mol. The third kappa shape index (κ3) is 4.14. The molecule has 6 nitrogen and oxygen atoms in total. The molecule has 7 heteroatoms. The molecule has 1 saturated carbocycles. The largest absolute Gasteiger partial charge is 0.481 e. The lowest BCUT2D eigenvalue weighted by molar-refractivity contribution is -0.146. The predicted molar refractivity (Wildman–Crippen MR) is 110 cm³/mol. The van der Waals surface area contributed by atoms with Crippen LogP contribution in [0.2, 0.25) is 0 Å². The molecule has 2 aliphatic rings. The Balaban J connectivity index is 1.87. The van der Waals surface area contributed by atoms with Gasteiger partial charge in [-0.05, 0) is 58.4 Å². The number of rotatable bonds is 6. The second-order valence-corrected chi connectivity index (χ2v) is 9.18. The second kappa shape index (κ2) is 8.07. The Hall–Kier alpha value is -2.15. The van der Waals surface area contributed by atoms with E-state index in [2.05, 4.69) is 10.6 Å². The van der Waals surface area contributed by atoms with E-state index < -0.39 is 17.8 Å². The number of carboxylic acid groups (broad SMARTS) is 1. The molecule has 0 bridgehead atoms. The van der Waals surface area contributed by atoms with E-state index in [1.807, 2.05) is 27.7 Å². The highest BCUT2D eigenvalue weighted by molar-refractivity contribution is 7.16. The number of carbonyl (C=O) groups excluding carboxylic acids is 2. The first-order chi connectivity index (χ1) is 13.2. The first kappa shape index (κ1) is 20.6. The fraction of sp³-hybridized carbons (Fsp3) is 0.571. The number of aryl methyl sites for hydroxylation is 1. The molecule has 0 radical (unpaired) electrons. The van der Waals surface area contributed by atoms with E-state index in [0.717, 1.165) is 34.4 Å². The molecule has 1 heterocycles. The van der Waals surface area contributed by atoms with Crippen LogP contribution in [0.3, 0.4) is 0 Å². The minimum absolute atomic E-state index is 0.149. The van der Waals surface area contributed by atoms with Crippen LogP contribution in [0.4, 0.5) is 5.00 Å². The van der Waals surface area contributed by atoms with Gasteiger partial charge >= 0.3 is 5.97 Å². The molecule has 0 spiro atoms. The lowest BCUT2D eigenvalue weighted by Gasteiger charge is -2.29. The van der Waals surface area contributed by atoms with Crippen LogP contribution in [0.15, 0.2) is 11.1 Å². The van der Waals surface area contributed by atoms with Gasteiger partial charge in [-0.1, -0.05) is 18.1 Å². The highest BCUT2D eigenvalue weighted by Crippen LogP contribution is 2.38. The van der Waals surface area contributed by atoms with Gasteiger partial charge in [0.2, 0.25) is 5.91 Å². The lowest BCUT2D eigenvalue weighted by Crippen LogP contribution is -2.37. The zero-order valence-corrected chi connectivity index (χ0v) is 17.7. The van der Waals surface area contributed by atoms with E-state index in [0.29, 0.717) is 29.8 Å². The van der Waals surface area contributed by atoms with Crippen LogP contribution >= 0.6 is 11.3 Å². The molecule has 0 aromatic carbocycles. The molecule has 152 valence electrons. The molecule has 1 fully saturated rings. The smallest absolute Gasteiger partial charge is 0.307 e. The maximum Gasteiger partial charge on any atom is 0.307 e. The van der Waals surface area contributed by atoms with Gasteiger partial charge in [0.05, 0.1) is 17.4 Å². The zero-order valence-electron chi connectivity index (χ0n) is 16.8. The third-order valence-electron chi connectivity index (χ3n) is 5.86. The number of thiophene rings is 1. The van der Waals surface area contributed by atoms with Crippen molar-refractivity contribution in [3.63, 3.8) is 0 Å². The Morgan fingerprint density at radius 1 is 1.07 bits per heavy atom. The van der Waals surface area contributed by atoms with E-state index >= 15 is 0 Å². The van der Waals surface area contributed by atoms with E-state index in [-0.39, 0.29) is 17.9 Å². The molecule has 2 amide bonds. The van der Waals surface area contributed by atoms with Crippen molar-refractivity contribution in [3.05, 3.63) is 27.2 Å². The minimum Gasteiger partial charge on any atom is -0.481 e. The molecule has 2 atom stereocenters. The maximum absolute atomic E-state index is 13.0. The minimum atomic E-state index is -0.949. The van der Waals surface area contributed by atoms with Gasteiger partial charge in [-0.25, -0.2) is 0 Å². The van der Waals surface area contributed by atoms with Gasteiger partial charge in [-0.15, -0.1) is 11.3 Å². The summed E-state index contributed by atoms with van der Waals surface area (Å²) in [5.41, 5.74) is 3.60. The number of aliphatic carboxylic acids is 1. The van der Waals surface area contributed by atoms with Crippen LogP contribution in [0.5, 0.6) is 0 Å². The lowest BCUT2D eigenvalue weighted by atomic mass is 9.76. The number of nitrogens with one attached hydrogen (secondary N) is 2. The molecule has 3 N–H and O–H groups in total. The number of anilines is 1. The summed E-state index contributed by atoms with van der Waals surface area (Å²) in [6, 6.07) is 0.228. The van der Waals surface area contributed by atoms with Gasteiger partial charge in [-0.2, -0.15) is 0 Å². The van der Waals surface area contributed by atoms with Crippen LogP contribution in [-0.2, 0) is 16.0 Å². The normalized spacial score (nSPS) is 22.1. The average Bonchev–Trinajstić information content (AvgIpc) is 3.38. The quantitative estimate of drug-likeness (QED) is 0.627. The van der Waals surface area contributed by atoms with Gasteiger partial charge in [0.15, 0.2) is 0 Å². The van der Waals surface area contributed by atoms with Crippen LogP contribution in [0, 0.1) is 18.8 Å². The Morgan fingerprint density at radius 2 is 1.68 bits per heavy atom. The van der Waals surface area contributed by atoms with Gasteiger partial charge in [0.1, 0.15) is 5.00 Å². The van der Waals surface area contributed by atoms with Gasteiger partial charge in [0, 0.05) is 10.9 Å². The Morgan fingerprint density at radius 3 is 2.21 bits per heavy atom. The first-order valence-corrected chi connectivity index (χ1v) is 10.7. The van der Waals surface area contributed by atoms with Crippen molar-refractivity contribution in [1.29, 1.82) is 0 Å². The molecular formula is C21H28N2O4S. The number of carbonyl (C=O) groups is 3. The third-order valence-corrected chi connectivity index (χ3v) is 6.92. The highest BCUT2D eigenvalue weighted by Gasteiger charge is 2.38. The predicted octanol–water partition coefficient (Wildman–Crippen LogP) is 3.90.